The molecule has 0 N–H and O–H groups in total. The Bertz CT molecular complexity index is 2730. The van der Waals surface area contributed by atoms with Crippen LogP contribution in [0.1, 0.15) is 86.7 Å². The Labute approximate surface area is 304 Å². The van der Waals surface area contributed by atoms with E-state index in [1.165, 1.54) is 57.8 Å². The average Bonchev–Trinajstić information content (AvgIpc) is 3.99. The molecule has 4 aliphatic rings. The fourth-order valence-electron chi connectivity index (χ4n) is 9.94. The van der Waals surface area contributed by atoms with Gasteiger partial charge in [-0.25, -0.2) is 20.0 Å². The number of fused-ring (bicyclic) bond motifs is 12. The standard InChI is InChI=1S/C42H30N4O4S2/c47-31-21-11-3-4-12-22(21)32(48)29(31)43-39-45-37-35(51-39)25-20-28-26(19-27(25)41(37)15-7-1-8-16-41)36-38(42(28)17-9-2-10-18-42)46-40(52-36)44-30-33(49)23-13-5-6-14-24(23)34(30)50/h3-6,11-14,19-20H,1-2,7-10,15-18H2. The van der Waals surface area contributed by atoms with Gasteiger partial charge in [-0.05, 0) is 60.1 Å². The van der Waals surface area contributed by atoms with Crippen LogP contribution in [0.25, 0.3) is 42.4 Å². The second-order valence-corrected chi connectivity index (χ2v) is 16.9. The van der Waals surface area contributed by atoms with Crippen molar-refractivity contribution in [3.63, 3.8) is 0 Å². The third-order valence-corrected chi connectivity index (χ3v) is 14.3. The number of benzene rings is 3. The van der Waals surface area contributed by atoms with Crippen LogP contribution < -0.4 is 32.4 Å². The molecule has 2 fully saturated rings. The van der Waals surface area contributed by atoms with Crippen molar-refractivity contribution in [1.29, 1.82) is 0 Å². The third-order valence-electron chi connectivity index (χ3n) is 12.3. The summed E-state index contributed by atoms with van der Waals surface area (Å²) in [5.41, 5.74) is 5.10. The molecule has 4 aliphatic carbocycles. The van der Waals surface area contributed by atoms with Gasteiger partial charge in [-0.15, -0.1) is 0 Å². The maximum atomic E-state index is 13.2. The normalized spacial score (nSPS) is 17.8. The maximum Gasteiger partial charge on any atom is 0.216 e. The highest BCUT2D eigenvalue weighted by molar-refractivity contribution is 7.19. The Balaban J connectivity index is 1.11. The number of hydrogen-bond donors (Lipinski definition) is 0. The van der Waals surface area contributed by atoms with Crippen molar-refractivity contribution in [1.82, 2.24) is 9.97 Å². The van der Waals surface area contributed by atoms with Crippen LogP contribution in [-0.4, -0.2) is 9.97 Å². The summed E-state index contributed by atoms with van der Waals surface area (Å²) in [6, 6.07) is 18.6. The largest absolute Gasteiger partial charge is 0.287 e. The van der Waals surface area contributed by atoms with Gasteiger partial charge >= 0.3 is 0 Å². The van der Waals surface area contributed by atoms with E-state index in [9.17, 15) is 19.2 Å². The molecule has 2 saturated carbocycles. The smallest absolute Gasteiger partial charge is 0.216 e. The molecule has 0 aliphatic heterocycles. The van der Waals surface area contributed by atoms with E-state index in [0.29, 0.717) is 31.8 Å². The fraction of sp³-hybridized carbons (Fsp3) is 0.286. The first-order valence-electron chi connectivity index (χ1n) is 18.1. The van der Waals surface area contributed by atoms with Crippen LogP contribution in [0.2, 0.25) is 0 Å². The molecule has 10 heteroatoms. The first kappa shape index (κ1) is 30.6. The van der Waals surface area contributed by atoms with E-state index in [1.54, 1.807) is 48.5 Å². The van der Waals surface area contributed by atoms with Gasteiger partial charge in [-0.1, -0.05) is 110 Å². The number of rotatable bonds is 2. The molecule has 0 unspecified atom stereocenters. The Morgan fingerprint density at radius 2 is 0.846 bits per heavy atom. The molecular formula is C42H30N4O4S2. The van der Waals surface area contributed by atoms with E-state index in [4.69, 9.17) is 9.97 Å². The first-order chi connectivity index (χ1) is 25.4. The lowest BCUT2D eigenvalue weighted by atomic mass is 9.67. The highest BCUT2D eigenvalue weighted by Gasteiger charge is 2.52. The number of thiazole rings is 2. The number of hydrogen-bond acceptors (Lipinski definition) is 10. The Kier molecular flexibility index (Phi) is 6.31. The highest BCUT2D eigenvalue weighted by Crippen LogP contribution is 2.64. The SMILES string of the molecule is O=c1c(=Nc2nc3c(s2)-c2cc4c(cc2C32CCCCC2)-c2sc(N=c3c(=O)c5ccccc5c3=O)nc2C42CCCCC2)c(=O)c2ccccc12. The Hall–Kier alpha value is -5.06. The lowest BCUT2D eigenvalue weighted by molar-refractivity contribution is 0.343. The van der Waals surface area contributed by atoms with Crippen molar-refractivity contribution < 1.29 is 0 Å². The lowest BCUT2D eigenvalue weighted by Crippen LogP contribution is -2.31. The van der Waals surface area contributed by atoms with E-state index in [2.05, 4.69) is 22.1 Å². The van der Waals surface area contributed by atoms with Crippen LogP contribution in [0.4, 0.5) is 10.3 Å². The van der Waals surface area contributed by atoms with Crippen molar-refractivity contribution in [3.05, 3.63) is 135 Å². The van der Waals surface area contributed by atoms with E-state index in [-0.39, 0.29) is 43.3 Å². The quantitative estimate of drug-likeness (QED) is 0.190. The molecule has 2 heterocycles. The summed E-state index contributed by atoms with van der Waals surface area (Å²) in [5.74, 6) is 0. The lowest BCUT2D eigenvalue weighted by Gasteiger charge is -2.36. The summed E-state index contributed by atoms with van der Waals surface area (Å²) >= 11 is 2.97. The topological polar surface area (TPSA) is 119 Å². The zero-order chi connectivity index (χ0) is 34.9. The van der Waals surface area contributed by atoms with Gasteiger partial charge in [0.05, 0.1) is 21.1 Å². The summed E-state index contributed by atoms with van der Waals surface area (Å²) in [5, 5.41) is 2.42. The zero-order valence-corrected chi connectivity index (χ0v) is 29.7. The van der Waals surface area contributed by atoms with Crippen LogP contribution in [0.3, 0.4) is 0 Å². The van der Waals surface area contributed by atoms with Crippen LogP contribution in [0, 0.1) is 0 Å². The maximum absolute atomic E-state index is 13.2. The molecule has 0 saturated heterocycles. The van der Waals surface area contributed by atoms with Gasteiger partial charge in [0.15, 0.2) is 10.7 Å². The van der Waals surface area contributed by atoms with Crippen LogP contribution in [0.5, 0.6) is 0 Å². The molecule has 8 nitrogen and oxygen atoms in total. The van der Waals surface area contributed by atoms with Gasteiger partial charge in [0.25, 0.3) is 0 Å². The molecule has 0 radical (unpaired) electrons. The van der Waals surface area contributed by atoms with E-state index >= 15 is 0 Å². The van der Waals surface area contributed by atoms with Crippen molar-refractivity contribution in [2.75, 3.05) is 0 Å². The van der Waals surface area contributed by atoms with Crippen molar-refractivity contribution in [2.45, 2.75) is 75.0 Å². The van der Waals surface area contributed by atoms with Crippen molar-refractivity contribution in [2.24, 2.45) is 9.98 Å². The minimum Gasteiger partial charge on any atom is -0.287 e. The summed E-state index contributed by atoms with van der Waals surface area (Å²) in [6.07, 6.45) is 10.6. The fourth-order valence-corrected chi connectivity index (χ4v) is 12.1. The molecule has 7 aromatic rings. The molecule has 5 aromatic carbocycles. The van der Waals surface area contributed by atoms with Crippen molar-refractivity contribution >= 4 is 54.5 Å². The van der Waals surface area contributed by atoms with Gasteiger partial charge in [-0.3, -0.25) is 19.2 Å². The monoisotopic (exact) mass is 718 g/mol. The molecule has 254 valence electrons. The van der Waals surface area contributed by atoms with Crippen LogP contribution in [0.15, 0.2) is 89.8 Å². The summed E-state index contributed by atoms with van der Waals surface area (Å²) in [6.45, 7) is 0. The molecule has 11 rings (SSSR count). The highest BCUT2D eigenvalue weighted by atomic mass is 32.1. The average molecular weight is 719 g/mol. The van der Waals surface area contributed by atoms with Gasteiger partial charge in [0.1, 0.15) is 0 Å². The van der Waals surface area contributed by atoms with Crippen molar-refractivity contribution in [3.8, 4) is 20.9 Å². The Morgan fingerprint density at radius 3 is 1.19 bits per heavy atom. The zero-order valence-electron chi connectivity index (χ0n) is 28.1. The number of nitrogens with zero attached hydrogens (tertiary/aromatic N) is 4. The van der Waals surface area contributed by atoms with Gasteiger partial charge in [0.2, 0.25) is 32.0 Å². The first-order valence-corrected chi connectivity index (χ1v) is 19.8. The Morgan fingerprint density at radius 1 is 0.500 bits per heavy atom. The minimum absolute atomic E-state index is 0.0542. The molecule has 0 bridgehead atoms. The second kappa shape index (κ2) is 10.7. The third kappa shape index (κ3) is 3.91. The predicted molar refractivity (Wildman–Crippen MR) is 205 cm³/mol. The van der Waals surface area contributed by atoms with Crippen LogP contribution in [-0.2, 0) is 10.8 Å². The summed E-state index contributed by atoms with van der Waals surface area (Å²) in [7, 11) is 0. The molecular weight excluding hydrogens is 689 g/mol. The minimum atomic E-state index is -0.338. The number of aromatic nitrogens is 2. The molecule has 0 amide bonds. The summed E-state index contributed by atoms with van der Waals surface area (Å²) < 4.78 is 0. The van der Waals surface area contributed by atoms with Gasteiger partial charge in [0, 0.05) is 32.4 Å². The van der Waals surface area contributed by atoms with E-state index < -0.39 is 0 Å². The van der Waals surface area contributed by atoms with Gasteiger partial charge in [-0.2, -0.15) is 0 Å². The second-order valence-electron chi connectivity index (χ2n) is 14.9. The predicted octanol–water partition coefficient (Wildman–Crippen LogP) is 7.02. The molecule has 52 heavy (non-hydrogen) atoms. The van der Waals surface area contributed by atoms with E-state index in [1.807, 2.05) is 0 Å². The summed E-state index contributed by atoms with van der Waals surface area (Å²) in [4.78, 5) is 74.8. The van der Waals surface area contributed by atoms with Gasteiger partial charge < -0.3 is 0 Å². The van der Waals surface area contributed by atoms with E-state index in [0.717, 1.165) is 72.5 Å². The van der Waals surface area contributed by atoms with Crippen LogP contribution >= 0.6 is 22.7 Å². The molecule has 0 atom stereocenters. The molecule has 2 aromatic heterocycles. The molecule has 2 spiro atoms.